The van der Waals surface area contributed by atoms with Crippen LogP contribution in [0.25, 0.3) is 10.9 Å². The number of aromatic nitrogens is 1. The third-order valence-electron chi connectivity index (χ3n) is 2.23. The van der Waals surface area contributed by atoms with Crippen LogP contribution in [0.5, 0.6) is 0 Å². The maximum absolute atomic E-state index is 10.8. The fourth-order valence-electron chi connectivity index (χ4n) is 1.41. The Bertz CT molecular complexity index is 641. The van der Waals surface area contributed by atoms with E-state index in [9.17, 15) is 14.9 Å². The number of carboxylic acid groups (broad SMARTS) is 1. The van der Waals surface area contributed by atoms with Crippen LogP contribution in [-0.2, 0) is 0 Å². The highest BCUT2D eigenvalue weighted by molar-refractivity contribution is 6.38. The van der Waals surface area contributed by atoms with Gasteiger partial charge in [-0.2, -0.15) is 0 Å². The van der Waals surface area contributed by atoms with Gasteiger partial charge in [-0.25, -0.2) is 4.79 Å². The summed E-state index contributed by atoms with van der Waals surface area (Å²) < 4.78 is 0. The molecule has 0 saturated heterocycles. The van der Waals surface area contributed by atoms with E-state index in [1.807, 2.05) is 0 Å². The summed E-state index contributed by atoms with van der Waals surface area (Å²) in [6.45, 7) is 0. The van der Waals surface area contributed by atoms with Crippen molar-refractivity contribution in [3.8, 4) is 0 Å². The zero-order valence-corrected chi connectivity index (χ0v) is 9.01. The molecule has 7 heteroatoms. The Balaban J connectivity index is 2.72. The van der Waals surface area contributed by atoms with Crippen molar-refractivity contribution in [2.24, 2.45) is 0 Å². The maximum Gasteiger partial charge on any atom is 0.338 e. The van der Waals surface area contributed by atoms with Crippen LogP contribution in [0.2, 0.25) is 5.02 Å². The summed E-state index contributed by atoms with van der Waals surface area (Å²) in [5, 5.41) is 19.8. The number of carboxylic acids is 1. The van der Waals surface area contributed by atoms with Crippen LogP contribution in [0.1, 0.15) is 10.4 Å². The molecule has 86 valence electrons. The van der Waals surface area contributed by atoms with Crippen molar-refractivity contribution in [2.45, 2.75) is 0 Å². The summed E-state index contributed by atoms with van der Waals surface area (Å²) in [4.78, 5) is 24.6. The molecule has 2 rings (SSSR count). The van der Waals surface area contributed by atoms with Gasteiger partial charge in [0, 0.05) is 23.7 Å². The molecule has 0 spiro atoms. The number of pyridine rings is 1. The van der Waals surface area contributed by atoms with Gasteiger partial charge in [0.2, 0.25) is 0 Å². The Hall–Kier alpha value is -2.21. The zero-order valence-electron chi connectivity index (χ0n) is 8.25. The van der Waals surface area contributed by atoms with Gasteiger partial charge in [0.05, 0.1) is 21.0 Å². The number of hydrogen-bond acceptors (Lipinski definition) is 4. The zero-order chi connectivity index (χ0) is 12.6. The topological polar surface area (TPSA) is 93.3 Å². The molecular weight excluding hydrogens is 248 g/mol. The van der Waals surface area contributed by atoms with Gasteiger partial charge < -0.3 is 5.11 Å². The standard InChI is InChI=1S/C10H5ClN2O4/c11-9-6-2-1-5(13(16)17)3-8(6)12-4-7(9)10(14)15/h1-4H,(H,14,15). The maximum atomic E-state index is 10.8. The lowest BCUT2D eigenvalue weighted by molar-refractivity contribution is -0.384. The van der Waals surface area contributed by atoms with Crippen molar-refractivity contribution >= 4 is 34.2 Å². The van der Waals surface area contributed by atoms with Crippen LogP contribution < -0.4 is 0 Å². The van der Waals surface area contributed by atoms with Crippen molar-refractivity contribution in [3.63, 3.8) is 0 Å². The molecule has 17 heavy (non-hydrogen) atoms. The molecule has 1 aromatic carbocycles. The summed E-state index contributed by atoms with van der Waals surface area (Å²) >= 11 is 5.88. The van der Waals surface area contributed by atoms with Crippen molar-refractivity contribution < 1.29 is 14.8 Å². The van der Waals surface area contributed by atoms with Crippen molar-refractivity contribution in [1.82, 2.24) is 4.98 Å². The highest BCUT2D eigenvalue weighted by Crippen LogP contribution is 2.28. The van der Waals surface area contributed by atoms with Crippen LogP contribution in [0.4, 0.5) is 5.69 Å². The Morgan fingerprint density at radius 2 is 2.18 bits per heavy atom. The minimum absolute atomic E-state index is 0.0254. The monoisotopic (exact) mass is 252 g/mol. The van der Waals surface area contributed by atoms with Crippen LogP contribution in [0.3, 0.4) is 0 Å². The SMILES string of the molecule is O=C(O)c1cnc2cc([N+](=O)[O-])ccc2c1Cl. The molecule has 0 bridgehead atoms. The molecule has 0 aliphatic heterocycles. The molecule has 0 radical (unpaired) electrons. The lowest BCUT2D eigenvalue weighted by Crippen LogP contribution is -1.99. The first-order valence-electron chi connectivity index (χ1n) is 4.46. The number of nitro benzene ring substituents is 1. The molecule has 2 aromatic rings. The molecule has 0 aliphatic carbocycles. The number of halogens is 1. The Morgan fingerprint density at radius 1 is 1.47 bits per heavy atom. The first-order valence-corrected chi connectivity index (χ1v) is 4.84. The average molecular weight is 253 g/mol. The number of hydrogen-bond donors (Lipinski definition) is 1. The predicted molar refractivity (Wildman–Crippen MR) is 60.4 cm³/mol. The minimum Gasteiger partial charge on any atom is -0.478 e. The fraction of sp³-hybridized carbons (Fsp3) is 0. The highest BCUT2D eigenvalue weighted by atomic mass is 35.5. The van der Waals surface area contributed by atoms with Crippen LogP contribution in [0.15, 0.2) is 24.4 Å². The van der Waals surface area contributed by atoms with E-state index in [1.165, 1.54) is 18.2 Å². The number of carbonyl (C=O) groups is 1. The van der Waals surface area contributed by atoms with Gasteiger partial charge in [-0.05, 0) is 6.07 Å². The fourth-order valence-corrected chi connectivity index (χ4v) is 1.70. The predicted octanol–water partition coefficient (Wildman–Crippen LogP) is 2.49. The molecule has 0 saturated carbocycles. The average Bonchev–Trinajstić information content (AvgIpc) is 2.28. The van der Waals surface area contributed by atoms with Gasteiger partial charge >= 0.3 is 5.97 Å². The summed E-state index contributed by atoms with van der Waals surface area (Å²) in [7, 11) is 0. The van der Waals surface area contributed by atoms with Crippen molar-refractivity contribution in [1.29, 1.82) is 0 Å². The number of fused-ring (bicyclic) bond motifs is 1. The lowest BCUT2D eigenvalue weighted by Gasteiger charge is -2.02. The Kier molecular flexibility index (Phi) is 2.64. The largest absolute Gasteiger partial charge is 0.478 e. The number of benzene rings is 1. The van der Waals surface area contributed by atoms with Gasteiger partial charge in [-0.1, -0.05) is 11.6 Å². The van der Waals surface area contributed by atoms with E-state index in [-0.39, 0.29) is 21.8 Å². The Labute approximate surface area is 99.6 Å². The summed E-state index contributed by atoms with van der Waals surface area (Å²) in [5.41, 5.74) is 0.0337. The first-order chi connectivity index (χ1) is 8.00. The van der Waals surface area contributed by atoms with Crippen molar-refractivity contribution in [3.05, 3.63) is 45.1 Å². The summed E-state index contributed by atoms with van der Waals surface area (Å²) in [5.74, 6) is -1.19. The van der Waals surface area contributed by atoms with E-state index in [0.29, 0.717) is 5.39 Å². The number of aromatic carboxylic acids is 1. The quantitative estimate of drug-likeness (QED) is 0.655. The third kappa shape index (κ3) is 1.90. The van der Waals surface area contributed by atoms with Crippen LogP contribution in [-0.4, -0.2) is 21.0 Å². The summed E-state index contributed by atoms with van der Waals surface area (Å²) in [6, 6.07) is 3.88. The third-order valence-corrected chi connectivity index (χ3v) is 2.64. The molecule has 0 amide bonds. The van der Waals surface area contributed by atoms with Crippen LogP contribution in [0, 0.1) is 10.1 Å². The smallest absolute Gasteiger partial charge is 0.338 e. The van der Waals surface area contributed by atoms with Gasteiger partial charge in [0.15, 0.2) is 0 Å². The number of nitro groups is 1. The summed E-state index contributed by atoms with van der Waals surface area (Å²) in [6.07, 6.45) is 1.08. The second kappa shape index (κ2) is 3.99. The molecule has 0 fully saturated rings. The van der Waals surface area contributed by atoms with E-state index in [2.05, 4.69) is 4.98 Å². The van der Waals surface area contributed by atoms with E-state index in [4.69, 9.17) is 16.7 Å². The van der Waals surface area contributed by atoms with Gasteiger partial charge in [0.1, 0.15) is 0 Å². The molecule has 6 nitrogen and oxygen atoms in total. The molecule has 1 N–H and O–H groups in total. The minimum atomic E-state index is -1.19. The second-order valence-electron chi connectivity index (χ2n) is 3.25. The highest BCUT2D eigenvalue weighted by Gasteiger charge is 2.15. The van der Waals surface area contributed by atoms with Gasteiger partial charge in [-0.3, -0.25) is 15.1 Å². The van der Waals surface area contributed by atoms with E-state index < -0.39 is 10.9 Å². The number of non-ortho nitro benzene ring substituents is 1. The lowest BCUT2D eigenvalue weighted by atomic mass is 10.1. The molecule has 0 atom stereocenters. The van der Waals surface area contributed by atoms with E-state index in [0.717, 1.165) is 6.20 Å². The number of nitrogens with zero attached hydrogens (tertiary/aromatic N) is 2. The van der Waals surface area contributed by atoms with Crippen molar-refractivity contribution in [2.75, 3.05) is 0 Å². The van der Waals surface area contributed by atoms with E-state index in [1.54, 1.807) is 0 Å². The molecule has 0 aliphatic rings. The molecule has 1 aromatic heterocycles. The Morgan fingerprint density at radius 3 is 2.76 bits per heavy atom. The molecule has 1 heterocycles. The van der Waals surface area contributed by atoms with Crippen LogP contribution >= 0.6 is 11.6 Å². The first kappa shape index (κ1) is 11.3. The van der Waals surface area contributed by atoms with Gasteiger partial charge in [0.25, 0.3) is 5.69 Å². The molecular formula is C10H5ClN2O4. The molecule has 0 unspecified atom stereocenters. The normalized spacial score (nSPS) is 10.4. The number of rotatable bonds is 2. The second-order valence-corrected chi connectivity index (χ2v) is 3.63. The van der Waals surface area contributed by atoms with Gasteiger partial charge in [-0.15, -0.1) is 0 Å². The van der Waals surface area contributed by atoms with E-state index >= 15 is 0 Å².